The number of para-hydroxylation sites is 1. The number of rotatable bonds is 10. The highest BCUT2D eigenvalue weighted by Gasteiger charge is 2.31. The Hall–Kier alpha value is -4.33. The van der Waals surface area contributed by atoms with Crippen molar-refractivity contribution in [2.75, 3.05) is 11.9 Å². The van der Waals surface area contributed by atoms with E-state index in [4.69, 9.17) is 16.6 Å². The van der Waals surface area contributed by atoms with Crippen LogP contribution in [0.4, 0.5) is 10.1 Å². The van der Waals surface area contributed by atoms with Crippen LogP contribution in [0.5, 0.6) is 0 Å². The summed E-state index contributed by atoms with van der Waals surface area (Å²) in [5.74, 6) is -1.63. The summed E-state index contributed by atoms with van der Waals surface area (Å²) in [7, 11) is 0. The second kappa shape index (κ2) is 13.6. The van der Waals surface area contributed by atoms with E-state index in [-0.39, 0.29) is 18.4 Å². The molecule has 1 heterocycles. The first-order valence-electron chi connectivity index (χ1n) is 13.9. The molecule has 6 nitrogen and oxygen atoms in total. The van der Waals surface area contributed by atoms with Gasteiger partial charge in [-0.25, -0.2) is 9.18 Å². The Morgan fingerprint density at radius 1 is 0.952 bits per heavy atom. The average Bonchev–Trinajstić information content (AvgIpc) is 3.46. The van der Waals surface area contributed by atoms with Gasteiger partial charge in [-0.3, -0.25) is 14.7 Å². The molecule has 0 bridgehead atoms. The lowest BCUT2D eigenvalue weighted by Gasteiger charge is -2.25. The monoisotopic (exact) mass is 583 g/mol. The molecule has 1 fully saturated rings. The minimum absolute atomic E-state index is 0.0829. The summed E-state index contributed by atoms with van der Waals surface area (Å²) in [6.07, 6.45) is 1.70. The number of carbonyl (C=O) groups excluding carboxylic acids is 1. The first-order valence-corrected chi connectivity index (χ1v) is 14.2. The lowest BCUT2D eigenvalue weighted by atomic mass is 9.98. The molecule has 42 heavy (non-hydrogen) atoms. The van der Waals surface area contributed by atoms with Crippen molar-refractivity contribution in [1.82, 2.24) is 4.90 Å². The van der Waals surface area contributed by atoms with Gasteiger partial charge in [0.25, 0.3) is 0 Å². The van der Waals surface area contributed by atoms with E-state index in [0.717, 1.165) is 24.9 Å². The molecule has 0 aliphatic carbocycles. The highest BCUT2D eigenvalue weighted by atomic mass is 35.5. The number of benzene rings is 4. The van der Waals surface area contributed by atoms with Gasteiger partial charge in [-0.2, -0.15) is 0 Å². The summed E-state index contributed by atoms with van der Waals surface area (Å²) in [6, 6.07) is 28.5. The smallest absolute Gasteiger partial charge is 0.328 e. The SMILES string of the molecule is O=C(O)[C@H](Cc1ccc(F)cc1)N=C(c1ccccc1)c1ccccc1NC(=O)[C@@H]1CCCN1Cc1ccccc1Cl. The first-order chi connectivity index (χ1) is 20.4. The Morgan fingerprint density at radius 3 is 2.38 bits per heavy atom. The molecule has 2 N–H and O–H groups in total. The van der Waals surface area contributed by atoms with E-state index in [1.54, 1.807) is 18.2 Å². The molecule has 214 valence electrons. The zero-order valence-corrected chi connectivity index (χ0v) is 23.7. The van der Waals surface area contributed by atoms with E-state index in [1.807, 2.05) is 72.8 Å². The summed E-state index contributed by atoms with van der Waals surface area (Å²) in [4.78, 5) is 32.9. The number of carbonyl (C=O) groups is 2. The molecule has 0 aromatic heterocycles. The Morgan fingerprint density at radius 2 is 1.64 bits per heavy atom. The quantitative estimate of drug-likeness (QED) is 0.206. The molecule has 0 radical (unpaired) electrons. The fourth-order valence-corrected chi connectivity index (χ4v) is 5.45. The van der Waals surface area contributed by atoms with Crippen LogP contribution in [0.15, 0.2) is 108 Å². The van der Waals surface area contributed by atoms with Crippen molar-refractivity contribution in [2.24, 2.45) is 4.99 Å². The van der Waals surface area contributed by atoms with Crippen molar-refractivity contribution in [1.29, 1.82) is 0 Å². The van der Waals surface area contributed by atoms with Gasteiger partial charge in [0.15, 0.2) is 6.04 Å². The predicted octanol–water partition coefficient (Wildman–Crippen LogP) is 6.62. The van der Waals surface area contributed by atoms with Gasteiger partial charge in [0.05, 0.1) is 17.4 Å². The molecule has 4 aromatic carbocycles. The van der Waals surface area contributed by atoms with Gasteiger partial charge in [-0.1, -0.05) is 90.5 Å². The third-order valence-electron chi connectivity index (χ3n) is 7.40. The van der Waals surface area contributed by atoms with Crippen LogP contribution in [-0.4, -0.2) is 46.2 Å². The maximum atomic E-state index is 13.7. The number of nitrogens with one attached hydrogen (secondary N) is 1. The maximum Gasteiger partial charge on any atom is 0.328 e. The molecule has 8 heteroatoms. The molecule has 1 saturated heterocycles. The number of anilines is 1. The summed E-state index contributed by atoms with van der Waals surface area (Å²) < 4.78 is 13.5. The van der Waals surface area contributed by atoms with Crippen LogP contribution in [0.1, 0.15) is 35.1 Å². The Balaban J connectivity index is 1.45. The van der Waals surface area contributed by atoms with Crippen molar-refractivity contribution in [3.8, 4) is 0 Å². The average molecular weight is 584 g/mol. The number of likely N-dealkylation sites (tertiary alicyclic amines) is 1. The lowest BCUT2D eigenvalue weighted by Crippen LogP contribution is -2.39. The van der Waals surface area contributed by atoms with E-state index in [1.165, 1.54) is 12.1 Å². The number of amides is 1. The van der Waals surface area contributed by atoms with Gasteiger partial charge >= 0.3 is 5.97 Å². The first kappa shape index (κ1) is 29.2. The number of aliphatic carboxylic acids is 1. The molecule has 1 aliphatic heterocycles. The topological polar surface area (TPSA) is 82.0 Å². The molecular weight excluding hydrogens is 553 g/mol. The number of aliphatic imine (C=N–C) groups is 1. The van der Waals surface area contributed by atoms with Gasteiger partial charge < -0.3 is 10.4 Å². The van der Waals surface area contributed by atoms with Crippen LogP contribution in [-0.2, 0) is 22.6 Å². The van der Waals surface area contributed by atoms with Gasteiger partial charge in [-0.15, -0.1) is 0 Å². The van der Waals surface area contributed by atoms with E-state index in [9.17, 15) is 19.1 Å². The highest BCUT2D eigenvalue weighted by molar-refractivity contribution is 6.31. The van der Waals surface area contributed by atoms with Crippen LogP contribution < -0.4 is 5.32 Å². The molecule has 1 amide bonds. The van der Waals surface area contributed by atoms with Crippen LogP contribution >= 0.6 is 11.6 Å². The molecule has 2 atom stereocenters. The molecular formula is C34H31ClFN3O3. The number of halogens is 2. The summed E-state index contributed by atoms with van der Waals surface area (Å²) in [5.41, 5.74) is 3.94. The number of nitrogens with zero attached hydrogens (tertiary/aromatic N) is 2. The van der Waals surface area contributed by atoms with Crippen molar-refractivity contribution < 1.29 is 19.1 Å². The van der Waals surface area contributed by atoms with Crippen molar-refractivity contribution in [2.45, 2.75) is 37.9 Å². The summed E-state index contributed by atoms with van der Waals surface area (Å²) in [5, 5.41) is 13.9. The Bertz CT molecular complexity index is 1580. The summed E-state index contributed by atoms with van der Waals surface area (Å²) in [6.45, 7) is 1.35. The van der Waals surface area contributed by atoms with Gasteiger partial charge in [0.1, 0.15) is 5.82 Å². The number of hydrogen-bond donors (Lipinski definition) is 2. The second-order valence-electron chi connectivity index (χ2n) is 10.3. The van der Waals surface area contributed by atoms with Crippen LogP contribution in [0, 0.1) is 5.82 Å². The van der Waals surface area contributed by atoms with Crippen LogP contribution in [0.3, 0.4) is 0 Å². The number of carboxylic acids is 1. The molecule has 0 spiro atoms. The fourth-order valence-electron chi connectivity index (χ4n) is 5.26. The molecule has 0 unspecified atom stereocenters. The predicted molar refractivity (Wildman–Crippen MR) is 164 cm³/mol. The van der Waals surface area contributed by atoms with Crippen LogP contribution in [0.2, 0.25) is 5.02 Å². The number of carboxylic acid groups (broad SMARTS) is 1. The van der Waals surface area contributed by atoms with Gasteiger partial charge in [-0.05, 0) is 54.8 Å². The van der Waals surface area contributed by atoms with Gasteiger partial charge in [0.2, 0.25) is 5.91 Å². The third-order valence-corrected chi connectivity index (χ3v) is 7.77. The molecule has 0 saturated carbocycles. The standard InChI is InChI=1S/C34H31ClFN3O3/c35-28-13-6-4-11-25(28)22-39-20-8-15-31(39)33(40)38-29-14-7-5-12-27(29)32(24-9-2-1-3-10-24)37-30(34(41)42)21-23-16-18-26(36)19-17-23/h1-7,9-14,16-19,30-31H,8,15,20-22H2,(H,38,40)(H,41,42)/t30-,31-/m0/s1. The fraction of sp³-hybridized carbons (Fsp3) is 0.206. The Labute approximate surface area is 249 Å². The number of hydrogen-bond acceptors (Lipinski definition) is 4. The normalized spacial score (nSPS) is 16.2. The van der Waals surface area contributed by atoms with E-state index < -0.39 is 17.8 Å². The minimum Gasteiger partial charge on any atom is -0.480 e. The highest BCUT2D eigenvalue weighted by Crippen LogP contribution is 2.27. The van der Waals surface area contributed by atoms with E-state index in [0.29, 0.717) is 39.7 Å². The van der Waals surface area contributed by atoms with Gasteiger partial charge in [0, 0.05) is 29.1 Å². The van der Waals surface area contributed by atoms with Crippen molar-refractivity contribution >= 4 is 34.9 Å². The zero-order chi connectivity index (χ0) is 29.5. The Kier molecular flexibility index (Phi) is 9.41. The van der Waals surface area contributed by atoms with Crippen molar-refractivity contribution in [3.05, 3.63) is 136 Å². The van der Waals surface area contributed by atoms with E-state index in [2.05, 4.69) is 10.2 Å². The maximum absolute atomic E-state index is 13.7. The second-order valence-corrected chi connectivity index (χ2v) is 10.7. The minimum atomic E-state index is -1.13. The largest absolute Gasteiger partial charge is 0.480 e. The third kappa shape index (κ3) is 7.11. The lowest BCUT2D eigenvalue weighted by molar-refractivity contribution is -0.138. The van der Waals surface area contributed by atoms with E-state index >= 15 is 0 Å². The summed E-state index contributed by atoms with van der Waals surface area (Å²) >= 11 is 6.40. The molecule has 5 rings (SSSR count). The van der Waals surface area contributed by atoms with Crippen LogP contribution in [0.25, 0.3) is 0 Å². The van der Waals surface area contributed by atoms with Crippen molar-refractivity contribution in [3.63, 3.8) is 0 Å². The molecule has 1 aliphatic rings. The molecule has 4 aromatic rings. The zero-order valence-electron chi connectivity index (χ0n) is 22.9.